The normalized spacial score (nSPS) is 15.5. The molecule has 15 aromatic rings. The summed E-state index contributed by atoms with van der Waals surface area (Å²) >= 11 is 24.7. The topological polar surface area (TPSA) is 40.9 Å². The number of fused-ring (bicyclic) bond motifs is 15. The van der Waals surface area contributed by atoms with Crippen molar-refractivity contribution < 1.29 is 8.78 Å². The van der Waals surface area contributed by atoms with E-state index in [2.05, 4.69) is 281 Å². The van der Waals surface area contributed by atoms with Gasteiger partial charge in [0.15, 0.2) is 0 Å². The van der Waals surface area contributed by atoms with Gasteiger partial charge < -0.3 is 14.7 Å². The van der Waals surface area contributed by atoms with Crippen molar-refractivity contribution in [1.82, 2.24) is 47.3 Å². The molecule has 5 aliphatic rings. The fourth-order valence-electron chi connectivity index (χ4n) is 17.6. The lowest BCUT2D eigenvalue weighted by Gasteiger charge is -2.32. The molecule has 0 bridgehead atoms. The molecule has 2 atom stereocenters. The van der Waals surface area contributed by atoms with E-state index in [0.29, 0.717) is 6.04 Å². The van der Waals surface area contributed by atoms with Crippen LogP contribution < -0.4 is 0 Å². The second-order valence-corrected chi connectivity index (χ2v) is 34.9. The predicted molar refractivity (Wildman–Crippen MR) is 506 cm³/mol. The van der Waals surface area contributed by atoms with Gasteiger partial charge in [0.2, 0.25) is 0 Å². The number of hydrogen-bond donors (Lipinski definition) is 0. The molecular weight excluding hydrogens is 1610 g/mol. The first-order valence-corrected chi connectivity index (χ1v) is 43.7. The van der Waals surface area contributed by atoms with E-state index in [4.69, 9.17) is 46.4 Å². The molecule has 2 unspecified atom stereocenters. The predicted octanol–water partition coefficient (Wildman–Crippen LogP) is 23.1. The smallest absolute Gasteiger partial charge is 0.123 e. The molecule has 0 radical (unpaired) electrons. The van der Waals surface area contributed by atoms with Crippen LogP contribution in [0.1, 0.15) is 139 Å². The van der Waals surface area contributed by atoms with Crippen LogP contribution in [0.25, 0.3) is 54.5 Å². The maximum atomic E-state index is 13.1. The van der Waals surface area contributed by atoms with Crippen molar-refractivity contribution in [3.8, 4) is 59.8 Å². The average molecular weight is 1700 g/mol. The number of aromatic nitrogens is 5. The van der Waals surface area contributed by atoms with Crippen LogP contribution in [-0.2, 0) is 51.7 Å². The number of aryl methyl sites for hydroxylation is 4. The lowest BCUT2D eigenvalue weighted by atomic mass is 9.96. The molecule has 0 aliphatic carbocycles. The minimum Gasteiger partial charge on any atom is -0.300 e. The summed E-state index contributed by atoms with van der Waals surface area (Å²) < 4.78 is 36.9. The Morgan fingerprint density at radius 3 is 0.959 bits per heavy atom. The molecule has 0 fully saturated rings. The van der Waals surface area contributed by atoms with Crippen molar-refractivity contribution in [2.24, 2.45) is 0 Å². The molecule has 0 N–H and O–H groups in total. The van der Waals surface area contributed by atoms with Gasteiger partial charge >= 0.3 is 0 Å². The van der Waals surface area contributed by atoms with Crippen molar-refractivity contribution >= 4 is 101 Å². The lowest BCUT2D eigenvalue weighted by Crippen LogP contribution is -2.32. The summed E-state index contributed by atoms with van der Waals surface area (Å²) in [5.41, 5.74) is 29.0. The third kappa shape index (κ3) is 18.7. The standard InChI is InChI=1S/C22H20ClFN2.C22H22N2.C21H18ClFN2.2C21H19ClN2/c1-3-20-22-18(11-12-25(20)2)19-14-16(23)6-9-21(19)26(22)13-10-15-4-7-17(24)8-5-15;1-16-4-7-18(8-5-16)10-13-24-21-9-6-17(2)14-20(21)19-11-12-23(3)15-22(19)24;1-14-21-18(10-11-24(14)2)19-13-16(22)5-8-20(19)25(21)12-9-15-3-6-17(23)7-4-15;1-15-3-8-20-19(13-15)18-10-11-23(2)14-21(18)24(20)12-9-16-4-6-17(22)7-5-16;1-15-3-5-16(6-4-15)9-12-24-20-8-7-17(22)13-19(20)18-10-11-23(2)14-21(18)24/h4-9,14,20H,3,11-12H2,1-2H3;4-9,14H,11-12,15H2,1-3H3;3-8,13-14H,10-11H2,1-2H3;2*3-8,13H,10-11,14H2,1-2H3. The average Bonchev–Trinajstić information content (AvgIpc) is 1.59. The SMILES string of the molecule is CC1c2c(c3cc(Cl)ccc3n2C#Cc2ccc(F)cc2)CCN1C.CCC1c2c(c3cc(Cl)ccc3n2C#Cc2ccc(F)cc2)CCN1C.Cc1ccc(C#Cn2c3c(c4cc(C)ccc42)CCN(C)C3)cc1.Cc1ccc(C#Cn2c3c(c4cc(Cl)ccc42)CCN(C)C3)cc1.Cc1ccc2c(c1)c1c(n2C#Cc2ccc(Cl)cc2)CN(C)CC1. The summed E-state index contributed by atoms with van der Waals surface area (Å²) in [4.78, 5) is 11.8. The van der Waals surface area contributed by atoms with Gasteiger partial charge in [0, 0.05) is 181 Å². The molecule has 5 aliphatic heterocycles. The largest absolute Gasteiger partial charge is 0.300 e. The van der Waals surface area contributed by atoms with Gasteiger partial charge in [-0.15, -0.1) is 0 Å². The van der Waals surface area contributed by atoms with E-state index in [1.807, 2.05) is 66.7 Å². The zero-order chi connectivity index (χ0) is 85.9. The Bertz CT molecular complexity index is 6480. The molecule has 16 heteroatoms. The zero-order valence-electron chi connectivity index (χ0n) is 71.5. The second kappa shape index (κ2) is 37.3. The van der Waals surface area contributed by atoms with Gasteiger partial charge in [0.25, 0.3) is 0 Å². The molecule has 0 amide bonds. The van der Waals surface area contributed by atoms with Crippen molar-refractivity contribution in [1.29, 1.82) is 0 Å². The fraction of sp³-hybridized carbons (Fsp3) is 0.252. The van der Waals surface area contributed by atoms with Gasteiger partial charge in [-0.3, -0.25) is 32.6 Å². The van der Waals surface area contributed by atoms with Crippen LogP contribution in [0.3, 0.4) is 0 Å². The van der Waals surface area contributed by atoms with Crippen LogP contribution in [0.4, 0.5) is 8.78 Å². The number of likely N-dealkylation sites (N-methyl/N-ethyl adjacent to an activating group) is 5. The van der Waals surface area contributed by atoms with Crippen molar-refractivity contribution in [3.05, 3.63) is 350 Å². The van der Waals surface area contributed by atoms with E-state index in [1.165, 1.54) is 141 Å². The maximum absolute atomic E-state index is 13.1. The van der Waals surface area contributed by atoms with Gasteiger partial charge in [0.1, 0.15) is 11.6 Å². The van der Waals surface area contributed by atoms with E-state index < -0.39 is 0 Å². The molecule has 0 saturated carbocycles. The van der Waals surface area contributed by atoms with Crippen LogP contribution in [0, 0.1) is 99.2 Å². The Morgan fingerprint density at radius 1 is 0.309 bits per heavy atom. The summed E-state index contributed by atoms with van der Waals surface area (Å²) in [6.07, 6.45) is 6.22. The lowest BCUT2D eigenvalue weighted by molar-refractivity contribution is 0.219. The Labute approximate surface area is 741 Å². The Morgan fingerprint density at radius 2 is 0.585 bits per heavy atom. The highest BCUT2D eigenvalue weighted by Crippen LogP contribution is 2.41. The summed E-state index contributed by atoms with van der Waals surface area (Å²) in [6, 6.07) is 85.8. The molecule has 20 rings (SSSR count). The first-order chi connectivity index (χ1) is 59.5. The van der Waals surface area contributed by atoms with Crippen LogP contribution >= 0.6 is 46.4 Å². The molecular formula is C107H98Cl4F2N10. The third-order valence-corrected chi connectivity index (χ3v) is 25.3. The third-order valence-electron chi connectivity index (χ3n) is 24.4. The monoisotopic (exact) mass is 1700 g/mol. The highest BCUT2D eigenvalue weighted by atomic mass is 35.5. The maximum Gasteiger partial charge on any atom is 0.123 e. The molecule has 123 heavy (non-hydrogen) atoms. The Kier molecular flexibility index (Phi) is 25.8. The van der Waals surface area contributed by atoms with Crippen molar-refractivity contribution in [3.63, 3.8) is 0 Å². The second-order valence-electron chi connectivity index (χ2n) is 33.2. The van der Waals surface area contributed by atoms with E-state index in [1.54, 1.807) is 24.3 Å². The molecule has 10 aromatic carbocycles. The Hall–Kier alpha value is -11.5. The number of halogens is 6. The van der Waals surface area contributed by atoms with Crippen LogP contribution in [0.5, 0.6) is 0 Å². The van der Waals surface area contributed by atoms with Gasteiger partial charge in [-0.1, -0.05) is 112 Å². The van der Waals surface area contributed by atoms with Crippen LogP contribution in [0.15, 0.2) is 212 Å². The quantitative estimate of drug-likeness (QED) is 0.153. The van der Waals surface area contributed by atoms with Crippen LogP contribution in [0.2, 0.25) is 20.1 Å². The molecule has 0 spiro atoms. The van der Waals surface area contributed by atoms with E-state index in [-0.39, 0.29) is 17.7 Å². The zero-order valence-corrected chi connectivity index (χ0v) is 74.5. The van der Waals surface area contributed by atoms with E-state index >= 15 is 0 Å². The van der Waals surface area contributed by atoms with E-state index in [0.717, 1.165) is 155 Å². The molecule has 10 heterocycles. The summed E-state index contributed by atoms with van der Waals surface area (Å²) in [6.45, 7) is 21.1. The number of nitrogens with zero attached hydrogens (tertiary/aromatic N) is 10. The highest BCUT2D eigenvalue weighted by molar-refractivity contribution is 6.32. The number of hydrogen-bond acceptors (Lipinski definition) is 5. The summed E-state index contributed by atoms with van der Waals surface area (Å²) in [7, 11) is 10.8. The minimum absolute atomic E-state index is 0.248. The van der Waals surface area contributed by atoms with E-state index in [9.17, 15) is 8.78 Å². The molecule has 5 aromatic heterocycles. The van der Waals surface area contributed by atoms with Gasteiger partial charge in [-0.25, -0.2) is 8.78 Å². The molecule has 618 valence electrons. The summed E-state index contributed by atoms with van der Waals surface area (Å²) in [5.74, 6) is 15.8. The van der Waals surface area contributed by atoms with Crippen molar-refractivity contribution in [2.45, 2.75) is 112 Å². The fourth-order valence-corrected chi connectivity index (χ4v) is 18.3. The molecule has 10 nitrogen and oxygen atoms in total. The number of rotatable bonds is 1. The molecule has 0 saturated heterocycles. The van der Waals surface area contributed by atoms with Gasteiger partial charge in [-0.05, 0) is 342 Å². The highest BCUT2D eigenvalue weighted by Gasteiger charge is 2.32. The minimum atomic E-state index is -0.251. The first kappa shape index (κ1) is 85.1. The first-order valence-electron chi connectivity index (χ1n) is 42.2. The van der Waals surface area contributed by atoms with Gasteiger partial charge in [-0.2, -0.15) is 0 Å². The summed E-state index contributed by atoms with van der Waals surface area (Å²) in [5, 5.41) is 9.34. The Balaban J connectivity index is 0.000000114. The van der Waals surface area contributed by atoms with Gasteiger partial charge in [0.05, 0.1) is 45.0 Å². The van der Waals surface area contributed by atoms with Crippen molar-refractivity contribution in [2.75, 3.05) is 68.0 Å². The van der Waals surface area contributed by atoms with Crippen LogP contribution in [-0.4, -0.2) is 115 Å². The number of benzene rings is 10.